The minimum Gasteiger partial charge on any atom is -0.476 e. The summed E-state index contributed by atoms with van der Waals surface area (Å²) in [4.78, 5) is 23.3. The van der Waals surface area contributed by atoms with Crippen LogP contribution in [0.3, 0.4) is 0 Å². The van der Waals surface area contributed by atoms with Crippen LogP contribution in [-0.4, -0.2) is 30.6 Å². The van der Waals surface area contributed by atoms with Crippen molar-refractivity contribution in [1.82, 2.24) is 19.5 Å². The molecule has 6 nitrogen and oxygen atoms in total. The number of benzene rings is 1. The van der Waals surface area contributed by atoms with Crippen LogP contribution in [0.15, 0.2) is 30.9 Å². The van der Waals surface area contributed by atoms with Gasteiger partial charge in [0.15, 0.2) is 11.5 Å². The van der Waals surface area contributed by atoms with Crippen molar-refractivity contribution in [3.05, 3.63) is 47.7 Å². The highest BCUT2D eigenvalue weighted by Crippen LogP contribution is 2.20. The highest BCUT2D eigenvalue weighted by atomic mass is 16.4. The Morgan fingerprint density at radius 3 is 2.70 bits per heavy atom. The Kier molecular flexibility index (Phi) is 2.71. The molecule has 2 aromatic heterocycles. The van der Waals surface area contributed by atoms with E-state index in [1.807, 2.05) is 26.0 Å². The third-order valence-corrected chi connectivity index (χ3v) is 3.25. The fraction of sp³-hybridized carbons (Fsp3) is 0.143. The summed E-state index contributed by atoms with van der Waals surface area (Å²) in [6.07, 6.45) is 4.36. The maximum Gasteiger partial charge on any atom is 0.356 e. The van der Waals surface area contributed by atoms with Crippen LogP contribution in [0.1, 0.15) is 21.6 Å². The van der Waals surface area contributed by atoms with Gasteiger partial charge in [0, 0.05) is 0 Å². The summed E-state index contributed by atoms with van der Waals surface area (Å²) < 4.78 is 1.74. The van der Waals surface area contributed by atoms with E-state index >= 15 is 0 Å². The van der Waals surface area contributed by atoms with E-state index < -0.39 is 5.97 Å². The molecule has 0 aliphatic heterocycles. The predicted octanol–water partition coefficient (Wildman–Crippen LogP) is 2.13. The zero-order valence-electron chi connectivity index (χ0n) is 11.0. The van der Waals surface area contributed by atoms with Gasteiger partial charge in [0.1, 0.15) is 6.33 Å². The summed E-state index contributed by atoms with van der Waals surface area (Å²) >= 11 is 0. The number of aryl methyl sites for hydroxylation is 2. The fourth-order valence-electron chi connectivity index (χ4n) is 2.02. The number of carbonyl (C=O) groups is 1. The fourth-order valence-corrected chi connectivity index (χ4v) is 2.02. The average molecular weight is 268 g/mol. The van der Waals surface area contributed by atoms with Crippen molar-refractivity contribution in [3.8, 4) is 5.82 Å². The van der Waals surface area contributed by atoms with Crippen LogP contribution in [0, 0.1) is 13.8 Å². The van der Waals surface area contributed by atoms with Crippen molar-refractivity contribution in [2.75, 3.05) is 0 Å². The predicted molar refractivity (Wildman–Crippen MR) is 73.1 cm³/mol. The number of carboxylic acid groups (broad SMARTS) is 1. The Hall–Kier alpha value is -2.76. The highest BCUT2D eigenvalue weighted by Gasteiger charge is 2.11. The molecular weight excluding hydrogens is 256 g/mol. The molecular formula is C14H12N4O2. The summed E-state index contributed by atoms with van der Waals surface area (Å²) in [7, 11) is 0. The maximum atomic E-state index is 11.0. The molecule has 3 aromatic rings. The second kappa shape index (κ2) is 4.41. The van der Waals surface area contributed by atoms with Crippen molar-refractivity contribution < 1.29 is 9.90 Å². The number of carboxylic acids is 1. The number of nitrogens with zero attached hydrogens (tertiary/aromatic N) is 4. The first-order valence-corrected chi connectivity index (χ1v) is 6.06. The van der Waals surface area contributed by atoms with Crippen LogP contribution in [-0.2, 0) is 0 Å². The van der Waals surface area contributed by atoms with Crippen molar-refractivity contribution in [2.24, 2.45) is 0 Å². The number of aromatic nitrogens is 4. The molecule has 1 N–H and O–H groups in total. The molecule has 0 spiro atoms. The quantitative estimate of drug-likeness (QED) is 0.770. The van der Waals surface area contributed by atoms with Crippen LogP contribution < -0.4 is 0 Å². The van der Waals surface area contributed by atoms with Crippen molar-refractivity contribution in [1.29, 1.82) is 0 Å². The van der Waals surface area contributed by atoms with E-state index in [2.05, 4.69) is 15.0 Å². The molecule has 0 bridgehead atoms. The van der Waals surface area contributed by atoms with Crippen molar-refractivity contribution in [2.45, 2.75) is 13.8 Å². The van der Waals surface area contributed by atoms with Crippen LogP contribution in [0.25, 0.3) is 16.9 Å². The number of imidazole rings is 1. The molecule has 0 fully saturated rings. The van der Waals surface area contributed by atoms with E-state index in [4.69, 9.17) is 5.11 Å². The molecule has 0 aliphatic carbocycles. The second-order valence-corrected chi connectivity index (χ2v) is 4.61. The minimum absolute atomic E-state index is 0.0896. The van der Waals surface area contributed by atoms with Crippen molar-refractivity contribution in [3.63, 3.8) is 0 Å². The van der Waals surface area contributed by atoms with E-state index in [-0.39, 0.29) is 5.69 Å². The third-order valence-electron chi connectivity index (χ3n) is 3.25. The smallest absolute Gasteiger partial charge is 0.356 e. The van der Waals surface area contributed by atoms with Gasteiger partial charge in [-0.15, -0.1) is 0 Å². The molecule has 0 saturated heterocycles. The lowest BCUT2D eigenvalue weighted by Crippen LogP contribution is -2.05. The Balaban J connectivity index is 2.22. The molecule has 0 saturated carbocycles. The molecule has 2 heterocycles. The van der Waals surface area contributed by atoms with E-state index in [0.717, 1.165) is 22.2 Å². The van der Waals surface area contributed by atoms with E-state index in [0.29, 0.717) is 5.82 Å². The largest absolute Gasteiger partial charge is 0.476 e. The molecule has 0 amide bonds. The molecule has 1 aromatic carbocycles. The SMILES string of the molecule is Cc1cc2ncn(-c3cncc(C(=O)O)n3)c2cc1C. The van der Waals surface area contributed by atoms with Gasteiger partial charge in [0.05, 0.1) is 23.4 Å². The van der Waals surface area contributed by atoms with Gasteiger partial charge in [-0.2, -0.15) is 0 Å². The Bertz CT molecular complexity index is 823. The number of aromatic carboxylic acids is 1. The van der Waals surface area contributed by atoms with Gasteiger partial charge in [-0.3, -0.25) is 9.55 Å². The van der Waals surface area contributed by atoms with Gasteiger partial charge in [-0.25, -0.2) is 14.8 Å². The topological polar surface area (TPSA) is 80.9 Å². The molecule has 0 aliphatic rings. The summed E-state index contributed by atoms with van der Waals surface area (Å²) in [5, 5.41) is 8.97. The molecule has 6 heteroatoms. The third kappa shape index (κ3) is 1.91. The zero-order chi connectivity index (χ0) is 14.3. The average Bonchev–Trinajstić information content (AvgIpc) is 2.82. The Morgan fingerprint density at radius 1 is 1.20 bits per heavy atom. The van der Waals surface area contributed by atoms with Crippen LogP contribution in [0.4, 0.5) is 0 Å². The monoisotopic (exact) mass is 268 g/mol. The number of hydrogen-bond acceptors (Lipinski definition) is 4. The van der Waals surface area contributed by atoms with Gasteiger partial charge >= 0.3 is 5.97 Å². The van der Waals surface area contributed by atoms with Gasteiger partial charge < -0.3 is 5.11 Å². The van der Waals surface area contributed by atoms with E-state index in [1.54, 1.807) is 10.9 Å². The van der Waals surface area contributed by atoms with Gasteiger partial charge in [-0.05, 0) is 37.1 Å². The highest BCUT2D eigenvalue weighted by molar-refractivity contribution is 5.85. The Morgan fingerprint density at radius 2 is 1.95 bits per heavy atom. The normalized spacial score (nSPS) is 10.9. The van der Waals surface area contributed by atoms with Crippen molar-refractivity contribution >= 4 is 17.0 Å². The molecule has 0 atom stereocenters. The first kappa shape index (κ1) is 12.3. The molecule has 20 heavy (non-hydrogen) atoms. The summed E-state index contributed by atoms with van der Waals surface area (Å²) in [5.74, 6) is -0.661. The molecule has 100 valence electrons. The van der Waals surface area contributed by atoms with Crippen LogP contribution in [0.5, 0.6) is 0 Å². The van der Waals surface area contributed by atoms with Gasteiger partial charge in [0.2, 0.25) is 0 Å². The first-order chi connectivity index (χ1) is 9.56. The second-order valence-electron chi connectivity index (χ2n) is 4.61. The first-order valence-electron chi connectivity index (χ1n) is 6.06. The van der Waals surface area contributed by atoms with Gasteiger partial charge in [0.25, 0.3) is 0 Å². The number of rotatable bonds is 2. The van der Waals surface area contributed by atoms with Crippen LogP contribution >= 0.6 is 0 Å². The van der Waals surface area contributed by atoms with Gasteiger partial charge in [-0.1, -0.05) is 0 Å². The number of hydrogen-bond donors (Lipinski definition) is 1. The number of fused-ring (bicyclic) bond motifs is 1. The lowest BCUT2D eigenvalue weighted by Gasteiger charge is -2.05. The maximum absolute atomic E-state index is 11.0. The Labute approximate surface area is 114 Å². The van der Waals surface area contributed by atoms with E-state index in [9.17, 15) is 4.79 Å². The zero-order valence-corrected chi connectivity index (χ0v) is 11.0. The van der Waals surface area contributed by atoms with E-state index in [1.165, 1.54) is 12.4 Å². The lowest BCUT2D eigenvalue weighted by molar-refractivity contribution is 0.0690. The lowest BCUT2D eigenvalue weighted by atomic mass is 10.1. The summed E-state index contributed by atoms with van der Waals surface area (Å²) in [6.45, 7) is 4.05. The van der Waals surface area contributed by atoms with Crippen LogP contribution in [0.2, 0.25) is 0 Å². The minimum atomic E-state index is -1.10. The molecule has 0 radical (unpaired) electrons. The molecule has 0 unspecified atom stereocenters. The summed E-state index contributed by atoms with van der Waals surface area (Å²) in [5.41, 5.74) is 3.93. The summed E-state index contributed by atoms with van der Waals surface area (Å²) in [6, 6.07) is 4.00. The molecule has 3 rings (SSSR count). The standard InChI is InChI=1S/C14H12N4O2/c1-8-3-10-12(4-9(8)2)18(7-16-10)13-6-15-5-11(17-13)14(19)20/h3-7H,1-2H3,(H,19,20).